The molecule has 0 bridgehead atoms. The fraction of sp³-hybridized carbons (Fsp3) is 0.562. The second kappa shape index (κ2) is 4.77. The van der Waals surface area contributed by atoms with Crippen molar-refractivity contribution in [2.24, 2.45) is 16.6 Å². The highest BCUT2D eigenvalue weighted by molar-refractivity contribution is 5.82. The van der Waals surface area contributed by atoms with E-state index in [4.69, 9.17) is 5.73 Å². The summed E-state index contributed by atoms with van der Waals surface area (Å²) in [4.78, 5) is 12.2. The Morgan fingerprint density at radius 3 is 2.20 bits per heavy atom. The van der Waals surface area contributed by atoms with E-state index in [9.17, 15) is 9.90 Å². The quantitative estimate of drug-likeness (QED) is 0.785. The molecule has 0 saturated heterocycles. The van der Waals surface area contributed by atoms with Gasteiger partial charge in [0.2, 0.25) is 5.91 Å². The predicted octanol–water partition coefficient (Wildman–Crippen LogP) is 1.81. The molecule has 1 aromatic rings. The third-order valence-electron chi connectivity index (χ3n) is 5.04. The number of nitrogens with two attached hydrogens (primary N) is 1. The van der Waals surface area contributed by atoms with Crippen molar-refractivity contribution in [2.75, 3.05) is 0 Å². The molecule has 0 aliphatic heterocycles. The van der Waals surface area contributed by atoms with E-state index < -0.39 is 6.04 Å². The predicted molar refractivity (Wildman–Crippen MR) is 79.3 cm³/mol. The zero-order valence-electron chi connectivity index (χ0n) is 12.6. The number of amides is 1. The first-order valence-electron chi connectivity index (χ1n) is 7.00. The Morgan fingerprint density at radius 1 is 1.25 bits per heavy atom. The van der Waals surface area contributed by atoms with Crippen LogP contribution < -0.4 is 11.1 Å². The number of rotatable bonds is 4. The van der Waals surface area contributed by atoms with Gasteiger partial charge in [-0.05, 0) is 34.9 Å². The van der Waals surface area contributed by atoms with Crippen LogP contribution in [-0.4, -0.2) is 23.1 Å². The second-order valence-electron chi connectivity index (χ2n) is 6.86. The number of hydrogen-bond donors (Lipinski definition) is 3. The number of hydrogen-bond acceptors (Lipinski definition) is 3. The molecule has 1 aliphatic rings. The van der Waals surface area contributed by atoms with Gasteiger partial charge in [0.1, 0.15) is 5.75 Å². The van der Waals surface area contributed by atoms with Gasteiger partial charge >= 0.3 is 0 Å². The minimum Gasteiger partial charge on any atom is -0.508 e. The number of phenolic OH excluding ortho intramolecular Hbond substituents is 1. The van der Waals surface area contributed by atoms with Gasteiger partial charge in [-0.2, -0.15) is 0 Å². The largest absolute Gasteiger partial charge is 0.508 e. The molecule has 0 radical (unpaired) electrons. The maximum atomic E-state index is 12.2. The van der Waals surface area contributed by atoms with Crippen LogP contribution in [0.2, 0.25) is 0 Å². The molecule has 0 aromatic heterocycles. The number of carbonyl (C=O) groups excluding carboxylic acids is 1. The zero-order chi connectivity index (χ0) is 15.1. The maximum absolute atomic E-state index is 12.2. The standard InChI is InChI=1S/C16H24N2O2/c1-15(2)14(16(15,3)4)18-13(20)12(17)9-10-5-7-11(19)8-6-10/h5-8,12,14,19H,9,17H2,1-4H3,(H,18,20)/t12-/m0/s1. The fourth-order valence-electron chi connectivity index (χ4n) is 2.79. The lowest BCUT2D eigenvalue weighted by atomic mass is 10.0. The van der Waals surface area contributed by atoms with Crippen molar-refractivity contribution in [3.05, 3.63) is 29.8 Å². The third-order valence-corrected chi connectivity index (χ3v) is 5.04. The molecule has 0 unspecified atom stereocenters. The first-order valence-corrected chi connectivity index (χ1v) is 7.00. The van der Waals surface area contributed by atoms with Gasteiger partial charge in [0.25, 0.3) is 0 Å². The number of carbonyl (C=O) groups is 1. The Balaban J connectivity index is 1.92. The van der Waals surface area contributed by atoms with Crippen LogP contribution in [0.5, 0.6) is 5.75 Å². The van der Waals surface area contributed by atoms with Crippen LogP contribution in [0.25, 0.3) is 0 Å². The highest BCUT2D eigenvalue weighted by Gasteiger charge is 2.65. The first kappa shape index (κ1) is 14.9. The Morgan fingerprint density at radius 2 is 1.75 bits per heavy atom. The Hall–Kier alpha value is -1.55. The Labute approximate surface area is 120 Å². The monoisotopic (exact) mass is 276 g/mol. The molecule has 1 atom stereocenters. The van der Waals surface area contributed by atoms with Crippen molar-refractivity contribution >= 4 is 5.91 Å². The molecular weight excluding hydrogens is 252 g/mol. The van der Waals surface area contributed by atoms with Crippen molar-refractivity contribution in [2.45, 2.75) is 46.2 Å². The third kappa shape index (κ3) is 2.52. The summed E-state index contributed by atoms with van der Waals surface area (Å²) in [7, 11) is 0. The average molecular weight is 276 g/mol. The molecule has 4 nitrogen and oxygen atoms in total. The van der Waals surface area contributed by atoms with Crippen molar-refractivity contribution in [3.63, 3.8) is 0 Å². The van der Waals surface area contributed by atoms with Crippen molar-refractivity contribution in [3.8, 4) is 5.75 Å². The average Bonchev–Trinajstić information content (AvgIpc) is 2.74. The summed E-state index contributed by atoms with van der Waals surface area (Å²) in [6, 6.07) is 6.39. The van der Waals surface area contributed by atoms with E-state index in [1.807, 2.05) is 0 Å². The topological polar surface area (TPSA) is 75.4 Å². The van der Waals surface area contributed by atoms with Crippen LogP contribution in [0.1, 0.15) is 33.3 Å². The van der Waals surface area contributed by atoms with Gasteiger partial charge in [0, 0.05) is 6.04 Å². The molecule has 1 aliphatic carbocycles. The number of phenols is 1. The first-order chi connectivity index (χ1) is 9.16. The summed E-state index contributed by atoms with van der Waals surface area (Å²) < 4.78 is 0. The molecule has 1 saturated carbocycles. The summed E-state index contributed by atoms with van der Waals surface area (Å²) in [6.07, 6.45) is 0.472. The van der Waals surface area contributed by atoms with Crippen LogP contribution in [0.15, 0.2) is 24.3 Å². The molecule has 2 rings (SSSR count). The van der Waals surface area contributed by atoms with E-state index in [0.717, 1.165) is 5.56 Å². The molecular formula is C16H24N2O2. The fourth-order valence-corrected chi connectivity index (χ4v) is 2.79. The van der Waals surface area contributed by atoms with Crippen molar-refractivity contribution in [1.82, 2.24) is 5.32 Å². The molecule has 0 spiro atoms. The van der Waals surface area contributed by atoms with Crippen LogP contribution in [0.4, 0.5) is 0 Å². The van der Waals surface area contributed by atoms with Crippen LogP contribution in [0.3, 0.4) is 0 Å². The van der Waals surface area contributed by atoms with E-state index >= 15 is 0 Å². The van der Waals surface area contributed by atoms with Gasteiger partial charge in [-0.1, -0.05) is 39.8 Å². The van der Waals surface area contributed by atoms with Gasteiger partial charge in [-0.3, -0.25) is 4.79 Å². The lowest BCUT2D eigenvalue weighted by molar-refractivity contribution is -0.122. The van der Waals surface area contributed by atoms with E-state index in [2.05, 4.69) is 33.0 Å². The molecule has 110 valence electrons. The van der Waals surface area contributed by atoms with Gasteiger partial charge < -0.3 is 16.2 Å². The maximum Gasteiger partial charge on any atom is 0.237 e. The number of aromatic hydroxyl groups is 1. The Kier molecular flexibility index (Phi) is 3.54. The minimum atomic E-state index is -0.563. The Bertz CT molecular complexity index is 492. The molecule has 4 heteroatoms. The van der Waals surface area contributed by atoms with Gasteiger partial charge in [0.05, 0.1) is 6.04 Å². The summed E-state index contributed by atoms with van der Waals surface area (Å²) in [5.41, 5.74) is 7.13. The SMILES string of the molecule is CC1(C)C(NC(=O)[C@@H](N)Cc2ccc(O)cc2)C1(C)C. The van der Waals surface area contributed by atoms with Crippen LogP contribution in [0, 0.1) is 10.8 Å². The summed E-state index contributed by atoms with van der Waals surface area (Å²) in [5.74, 6) is 0.106. The molecule has 1 amide bonds. The lowest BCUT2D eigenvalue weighted by Gasteiger charge is -2.13. The summed E-state index contributed by atoms with van der Waals surface area (Å²) in [6.45, 7) is 8.62. The molecule has 1 fully saturated rings. The van der Waals surface area contributed by atoms with Crippen LogP contribution in [-0.2, 0) is 11.2 Å². The number of benzene rings is 1. The van der Waals surface area contributed by atoms with E-state index in [0.29, 0.717) is 6.42 Å². The van der Waals surface area contributed by atoms with Crippen LogP contribution >= 0.6 is 0 Å². The molecule has 4 N–H and O–H groups in total. The summed E-state index contributed by atoms with van der Waals surface area (Å²) in [5, 5.41) is 12.3. The second-order valence-corrected chi connectivity index (χ2v) is 6.86. The van der Waals surface area contributed by atoms with Crippen molar-refractivity contribution < 1.29 is 9.90 Å². The zero-order valence-corrected chi connectivity index (χ0v) is 12.6. The smallest absolute Gasteiger partial charge is 0.237 e. The van der Waals surface area contributed by atoms with Gasteiger partial charge in [-0.15, -0.1) is 0 Å². The molecule has 20 heavy (non-hydrogen) atoms. The lowest BCUT2D eigenvalue weighted by Crippen LogP contribution is -2.44. The normalized spacial score (nSPS) is 21.2. The number of nitrogens with one attached hydrogen (secondary N) is 1. The molecule has 0 heterocycles. The van der Waals surface area contributed by atoms with Gasteiger partial charge in [0.15, 0.2) is 0 Å². The molecule has 1 aromatic carbocycles. The summed E-state index contributed by atoms with van der Waals surface area (Å²) >= 11 is 0. The van der Waals surface area contributed by atoms with Crippen molar-refractivity contribution in [1.29, 1.82) is 0 Å². The highest BCUT2D eigenvalue weighted by atomic mass is 16.3. The van der Waals surface area contributed by atoms with E-state index in [-0.39, 0.29) is 28.5 Å². The van der Waals surface area contributed by atoms with E-state index in [1.54, 1.807) is 24.3 Å². The minimum absolute atomic E-state index is 0.110. The highest BCUT2D eigenvalue weighted by Crippen LogP contribution is 2.62. The van der Waals surface area contributed by atoms with Gasteiger partial charge in [-0.25, -0.2) is 0 Å². The van der Waals surface area contributed by atoms with E-state index in [1.165, 1.54) is 0 Å².